The Kier molecular flexibility index (Phi) is 5.94. The molecule has 1 aliphatic heterocycles. The summed E-state index contributed by atoms with van der Waals surface area (Å²) in [5.74, 6) is 0.807. The zero-order chi connectivity index (χ0) is 18.7. The van der Waals surface area contributed by atoms with Crippen LogP contribution in [0.2, 0.25) is 5.02 Å². The van der Waals surface area contributed by atoms with Gasteiger partial charge >= 0.3 is 11.5 Å². The van der Waals surface area contributed by atoms with Crippen LogP contribution < -0.4 is 5.32 Å². The number of urea groups is 1. The lowest BCUT2D eigenvalue weighted by molar-refractivity contribution is -0.0328. The van der Waals surface area contributed by atoms with Gasteiger partial charge < -0.3 is 10.2 Å². The van der Waals surface area contributed by atoms with Crippen molar-refractivity contribution in [2.24, 2.45) is 0 Å². The molecule has 1 saturated heterocycles. The zero-order valence-electron chi connectivity index (χ0n) is 13.3. The average molecular weight is 419 g/mol. The fourth-order valence-electron chi connectivity index (χ4n) is 2.52. The van der Waals surface area contributed by atoms with Crippen LogP contribution in [0, 0.1) is 0 Å². The molecule has 2 amide bonds. The van der Waals surface area contributed by atoms with E-state index in [1.807, 2.05) is 12.1 Å². The standard InChI is InChI=1S/C17H14ClF3N2OS2/c18-12-3-1-11(2-4-12)15-23(9-10-25-15)16(24)22-13-5-7-14(8-6-13)26-17(19,20)21/h1-8,15H,9-10H2,(H,22,24). The van der Waals surface area contributed by atoms with Gasteiger partial charge in [-0.05, 0) is 53.7 Å². The van der Waals surface area contributed by atoms with E-state index in [1.54, 1.807) is 28.8 Å². The fourth-order valence-corrected chi connectivity index (χ4v) is 4.44. The van der Waals surface area contributed by atoms with E-state index < -0.39 is 5.51 Å². The van der Waals surface area contributed by atoms with E-state index in [0.29, 0.717) is 17.3 Å². The number of nitrogens with zero attached hydrogens (tertiary/aromatic N) is 1. The topological polar surface area (TPSA) is 32.3 Å². The Morgan fingerprint density at radius 3 is 2.42 bits per heavy atom. The Balaban J connectivity index is 1.66. The van der Waals surface area contributed by atoms with Crippen molar-refractivity contribution in [3.05, 3.63) is 59.1 Å². The van der Waals surface area contributed by atoms with Gasteiger partial charge in [-0.3, -0.25) is 0 Å². The monoisotopic (exact) mass is 418 g/mol. The van der Waals surface area contributed by atoms with Crippen LogP contribution in [-0.2, 0) is 0 Å². The number of anilines is 1. The summed E-state index contributed by atoms with van der Waals surface area (Å²) in [6.45, 7) is 0.589. The van der Waals surface area contributed by atoms with Gasteiger partial charge in [-0.2, -0.15) is 13.2 Å². The number of nitrogens with one attached hydrogen (secondary N) is 1. The van der Waals surface area contributed by atoms with Gasteiger partial charge in [0.2, 0.25) is 0 Å². The van der Waals surface area contributed by atoms with Gasteiger partial charge in [0.25, 0.3) is 0 Å². The second-order valence-electron chi connectivity index (χ2n) is 5.47. The average Bonchev–Trinajstić information content (AvgIpc) is 3.06. The largest absolute Gasteiger partial charge is 0.446 e. The van der Waals surface area contributed by atoms with Crippen LogP contribution in [0.4, 0.5) is 23.7 Å². The summed E-state index contributed by atoms with van der Waals surface area (Å²) >= 11 is 7.37. The molecule has 0 bridgehead atoms. The van der Waals surface area contributed by atoms with Crippen LogP contribution in [0.5, 0.6) is 0 Å². The molecule has 3 nitrogen and oxygen atoms in total. The highest BCUT2D eigenvalue weighted by molar-refractivity contribution is 8.00. The highest BCUT2D eigenvalue weighted by Crippen LogP contribution is 2.39. The molecule has 138 valence electrons. The Labute approximate surface area is 162 Å². The van der Waals surface area contributed by atoms with E-state index in [0.717, 1.165) is 11.3 Å². The van der Waals surface area contributed by atoms with E-state index in [2.05, 4.69) is 5.32 Å². The Morgan fingerprint density at radius 2 is 1.81 bits per heavy atom. The van der Waals surface area contributed by atoms with Crippen molar-refractivity contribution >= 4 is 46.8 Å². The fraction of sp³-hybridized carbons (Fsp3) is 0.235. The number of carbonyl (C=O) groups excluding carboxylic acids is 1. The number of benzene rings is 2. The Morgan fingerprint density at radius 1 is 1.15 bits per heavy atom. The number of hydrogen-bond donors (Lipinski definition) is 1. The molecule has 2 aromatic carbocycles. The number of hydrogen-bond acceptors (Lipinski definition) is 3. The summed E-state index contributed by atoms with van der Waals surface area (Å²) in [5, 5.41) is 3.25. The molecule has 1 heterocycles. The molecular weight excluding hydrogens is 405 g/mol. The van der Waals surface area contributed by atoms with E-state index in [4.69, 9.17) is 11.6 Å². The second kappa shape index (κ2) is 8.02. The van der Waals surface area contributed by atoms with Crippen molar-refractivity contribution in [1.29, 1.82) is 0 Å². The number of halogens is 4. The maximum atomic E-state index is 12.6. The maximum absolute atomic E-state index is 12.6. The van der Waals surface area contributed by atoms with E-state index >= 15 is 0 Å². The predicted molar refractivity (Wildman–Crippen MR) is 101 cm³/mol. The summed E-state index contributed by atoms with van der Waals surface area (Å²) in [5.41, 5.74) is -2.90. The minimum absolute atomic E-state index is 0.0752. The van der Waals surface area contributed by atoms with Crippen LogP contribution in [0.3, 0.4) is 0 Å². The minimum atomic E-state index is -4.33. The lowest BCUT2D eigenvalue weighted by atomic mass is 10.2. The SMILES string of the molecule is O=C(Nc1ccc(SC(F)(F)F)cc1)N1CCSC1c1ccc(Cl)cc1. The van der Waals surface area contributed by atoms with Crippen molar-refractivity contribution < 1.29 is 18.0 Å². The maximum Gasteiger partial charge on any atom is 0.446 e. The smallest absolute Gasteiger partial charge is 0.308 e. The first kappa shape index (κ1) is 19.3. The lowest BCUT2D eigenvalue weighted by Gasteiger charge is -2.24. The van der Waals surface area contributed by atoms with Crippen molar-refractivity contribution in [1.82, 2.24) is 4.90 Å². The van der Waals surface area contributed by atoms with Crippen molar-refractivity contribution in [2.75, 3.05) is 17.6 Å². The molecule has 0 aliphatic carbocycles. The molecule has 0 spiro atoms. The quantitative estimate of drug-likeness (QED) is 0.599. The second-order valence-corrected chi connectivity index (χ2v) is 8.23. The van der Waals surface area contributed by atoms with Crippen LogP contribution in [0.1, 0.15) is 10.9 Å². The summed E-state index contributed by atoms with van der Waals surface area (Å²) in [4.78, 5) is 14.3. The number of carbonyl (C=O) groups is 1. The van der Waals surface area contributed by atoms with Gasteiger partial charge in [-0.1, -0.05) is 23.7 Å². The summed E-state index contributed by atoms with van der Waals surface area (Å²) in [6, 6.07) is 12.6. The number of alkyl halides is 3. The molecule has 0 saturated carbocycles. The molecule has 26 heavy (non-hydrogen) atoms. The van der Waals surface area contributed by atoms with E-state index in [1.165, 1.54) is 24.3 Å². The number of rotatable bonds is 3. The first-order valence-electron chi connectivity index (χ1n) is 7.62. The lowest BCUT2D eigenvalue weighted by Crippen LogP contribution is -2.34. The molecule has 0 radical (unpaired) electrons. The predicted octanol–water partition coefficient (Wildman–Crippen LogP) is 6.23. The minimum Gasteiger partial charge on any atom is -0.308 e. The molecule has 0 aromatic heterocycles. The number of amides is 2. The molecule has 1 fully saturated rings. The molecule has 2 aromatic rings. The first-order chi connectivity index (χ1) is 12.3. The van der Waals surface area contributed by atoms with Gasteiger partial charge in [-0.15, -0.1) is 11.8 Å². The molecule has 1 aliphatic rings. The van der Waals surface area contributed by atoms with Crippen molar-refractivity contribution in [3.8, 4) is 0 Å². The molecule has 3 rings (SSSR count). The summed E-state index contributed by atoms with van der Waals surface area (Å²) in [6.07, 6.45) is 0. The van der Waals surface area contributed by atoms with Crippen LogP contribution >= 0.6 is 35.1 Å². The van der Waals surface area contributed by atoms with Crippen LogP contribution in [-0.4, -0.2) is 28.7 Å². The molecule has 1 atom stereocenters. The highest BCUT2D eigenvalue weighted by Gasteiger charge is 2.31. The van der Waals surface area contributed by atoms with Gasteiger partial charge in [0.05, 0.1) is 0 Å². The first-order valence-corrected chi connectivity index (χ1v) is 9.87. The van der Waals surface area contributed by atoms with Crippen LogP contribution in [0.25, 0.3) is 0 Å². The van der Waals surface area contributed by atoms with Crippen LogP contribution in [0.15, 0.2) is 53.4 Å². The Hall–Kier alpha value is -1.51. The zero-order valence-corrected chi connectivity index (χ0v) is 15.7. The Bertz CT molecular complexity index is 769. The molecule has 1 N–H and O–H groups in total. The summed E-state index contributed by atoms with van der Waals surface area (Å²) in [7, 11) is 0. The number of thioether (sulfide) groups is 2. The van der Waals surface area contributed by atoms with Crippen molar-refractivity contribution in [3.63, 3.8) is 0 Å². The molecule has 9 heteroatoms. The molecular formula is C17H14ClF3N2OS2. The third kappa shape index (κ3) is 5.02. The summed E-state index contributed by atoms with van der Waals surface area (Å²) < 4.78 is 37.1. The van der Waals surface area contributed by atoms with Crippen molar-refractivity contribution in [2.45, 2.75) is 15.8 Å². The molecule has 1 unspecified atom stereocenters. The van der Waals surface area contributed by atoms with E-state index in [-0.39, 0.29) is 28.1 Å². The van der Waals surface area contributed by atoms with Gasteiger partial charge in [0, 0.05) is 27.9 Å². The highest BCUT2D eigenvalue weighted by atomic mass is 35.5. The third-order valence-corrected chi connectivity index (χ3v) is 5.90. The van der Waals surface area contributed by atoms with Gasteiger partial charge in [-0.25, -0.2) is 4.79 Å². The van der Waals surface area contributed by atoms with E-state index in [9.17, 15) is 18.0 Å². The van der Waals surface area contributed by atoms with Gasteiger partial charge in [0.1, 0.15) is 5.37 Å². The normalized spacial score (nSPS) is 17.4. The van der Waals surface area contributed by atoms with Gasteiger partial charge in [0.15, 0.2) is 0 Å². The third-order valence-electron chi connectivity index (χ3n) is 3.65.